The Kier molecular flexibility index (Phi) is 4.53. The maximum Gasteiger partial charge on any atom is 0.154 e. The molecule has 1 heterocycles. The fraction of sp³-hybridized carbons (Fsp3) is 0. The van der Waals surface area contributed by atoms with Crippen molar-refractivity contribution in [1.29, 1.82) is 0 Å². The van der Waals surface area contributed by atoms with Crippen molar-refractivity contribution >= 4 is 24.4 Å². The Bertz CT molecular complexity index is 898. The lowest BCUT2D eigenvalue weighted by Gasteiger charge is -2.17. The summed E-state index contributed by atoms with van der Waals surface area (Å²) < 4.78 is 0. The van der Waals surface area contributed by atoms with Crippen molar-refractivity contribution in [3.05, 3.63) is 109 Å². The van der Waals surface area contributed by atoms with E-state index in [0.29, 0.717) is 0 Å². The van der Waals surface area contributed by atoms with E-state index < -0.39 is 8.80 Å². The summed E-state index contributed by atoms with van der Waals surface area (Å²) in [5.41, 5.74) is 2.19. The van der Waals surface area contributed by atoms with Crippen LogP contribution in [0.5, 0.6) is 0 Å². The molecule has 0 fully saturated rings. The topological polar surface area (TPSA) is 12.9 Å². The number of hydrogen-bond acceptors (Lipinski definition) is 1. The minimum absolute atomic E-state index is 1.02. The van der Waals surface area contributed by atoms with E-state index in [1.165, 1.54) is 21.1 Å². The maximum atomic E-state index is 4.51. The third-order valence-electron chi connectivity index (χ3n) is 4.24. The molecule has 4 rings (SSSR count). The lowest BCUT2D eigenvalue weighted by atomic mass is 10.1. The molecular weight excluding hydrogens is 318 g/mol. The Balaban J connectivity index is 1.83. The van der Waals surface area contributed by atoms with Gasteiger partial charge in [-0.3, -0.25) is 4.98 Å². The van der Waals surface area contributed by atoms with Gasteiger partial charge >= 0.3 is 0 Å². The molecule has 0 saturated heterocycles. The van der Waals surface area contributed by atoms with E-state index in [9.17, 15) is 0 Å². The molecule has 0 aliphatic rings. The number of aromatic nitrogens is 1. The van der Waals surface area contributed by atoms with Crippen LogP contribution < -0.4 is 15.6 Å². The molecule has 0 atom stereocenters. The SMILES string of the molecule is c1ccc([Si](c2ccccc2)c2cccc(-c3ccccn3)c2)cc1. The molecule has 2 heteroatoms. The minimum atomic E-state index is -1.03. The summed E-state index contributed by atoms with van der Waals surface area (Å²) in [5, 5.41) is 4.18. The van der Waals surface area contributed by atoms with Gasteiger partial charge in [0.05, 0.1) is 5.69 Å². The van der Waals surface area contributed by atoms with Gasteiger partial charge in [-0.1, -0.05) is 101 Å². The van der Waals surface area contributed by atoms with Gasteiger partial charge in [-0.25, -0.2) is 0 Å². The van der Waals surface area contributed by atoms with Crippen LogP contribution in [0.25, 0.3) is 11.3 Å². The van der Waals surface area contributed by atoms with E-state index in [2.05, 4.69) is 96.0 Å². The summed E-state index contributed by atoms with van der Waals surface area (Å²) in [4.78, 5) is 4.51. The van der Waals surface area contributed by atoms with E-state index in [-0.39, 0.29) is 0 Å². The largest absolute Gasteiger partial charge is 0.256 e. The maximum absolute atomic E-state index is 4.51. The first-order chi connectivity index (χ1) is 12.4. The molecule has 4 aromatic rings. The lowest BCUT2D eigenvalue weighted by Crippen LogP contribution is -2.51. The molecule has 0 bridgehead atoms. The van der Waals surface area contributed by atoms with Gasteiger partial charge in [-0.05, 0) is 17.3 Å². The van der Waals surface area contributed by atoms with Crippen molar-refractivity contribution in [1.82, 2.24) is 4.98 Å². The molecule has 1 nitrogen and oxygen atoms in total. The third-order valence-corrected chi connectivity index (χ3v) is 6.95. The van der Waals surface area contributed by atoms with Crippen LogP contribution >= 0.6 is 0 Å². The van der Waals surface area contributed by atoms with Gasteiger partial charge in [0.1, 0.15) is 0 Å². The lowest BCUT2D eigenvalue weighted by molar-refractivity contribution is 1.33. The van der Waals surface area contributed by atoms with Crippen LogP contribution in [-0.4, -0.2) is 13.8 Å². The predicted molar refractivity (Wildman–Crippen MR) is 107 cm³/mol. The second-order valence-electron chi connectivity index (χ2n) is 5.90. The minimum Gasteiger partial charge on any atom is -0.256 e. The fourth-order valence-corrected chi connectivity index (χ4v) is 5.69. The Morgan fingerprint density at radius 3 is 1.72 bits per heavy atom. The smallest absolute Gasteiger partial charge is 0.154 e. The second kappa shape index (κ2) is 7.28. The second-order valence-corrected chi connectivity index (χ2v) is 8.38. The van der Waals surface area contributed by atoms with Crippen LogP contribution in [0.2, 0.25) is 0 Å². The van der Waals surface area contributed by atoms with Crippen LogP contribution in [0.3, 0.4) is 0 Å². The van der Waals surface area contributed by atoms with E-state index >= 15 is 0 Å². The first-order valence-electron chi connectivity index (χ1n) is 8.41. The number of pyridine rings is 1. The molecule has 1 aromatic heterocycles. The summed E-state index contributed by atoms with van der Waals surface area (Å²) >= 11 is 0. The van der Waals surface area contributed by atoms with Crippen molar-refractivity contribution < 1.29 is 0 Å². The van der Waals surface area contributed by atoms with Crippen LogP contribution in [0, 0.1) is 0 Å². The van der Waals surface area contributed by atoms with Gasteiger partial charge in [0, 0.05) is 11.8 Å². The van der Waals surface area contributed by atoms with E-state index in [0.717, 1.165) is 5.69 Å². The molecule has 0 aliphatic carbocycles. The van der Waals surface area contributed by atoms with Crippen LogP contribution in [0.1, 0.15) is 0 Å². The molecule has 0 saturated carbocycles. The number of nitrogens with zero attached hydrogens (tertiary/aromatic N) is 1. The first kappa shape index (κ1) is 15.5. The van der Waals surface area contributed by atoms with Crippen molar-refractivity contribution in [3.8, 4) is 11.3 Å². The van der Waals surface area contributed by atoms with Gasteiger partial charge in [0.2, 0.25) is 0 Å². The average Bonchev–Trinajstić information content (AvgIpc) is 2.71. The molecule has 0 spiro atoms. The molecule has 0 aliphatic heterocycles. The zero-order valence-electron chi connectivity index (χ0n) is 13.8. The third kappa shape index (κ3) is 3.44. The molecule has 0 amide bonds. The molecule has 3 aromatic carbocycles. The fourth-order valence-electron chi connectivity index (χ4n) is 3.08. The quantitative estimate of drug-likeness (QED) is 0.412. The monoisotopic (exact) mass is 336 g/mol. The molecule has 0 N–H and O–H groups in total. The Morgan fingerprint density at radius 2 is 1.12 bits per heavy atom. The van der Waals surface area contributed by atoms with Crippen molar-refractivity contribution in [2.24, 2.45) is 0 Å². The Morgan fingerprint density at radius 1 is 0.520 bits per heavy atom. The van der Waals surface area contributed by atoms with E-state index in [4.69, 9.17) is 0 Å². The van der Waals surface area contributed by atoms with Crippen molar-refractivity contribution in [3.63, 3.8) is 0 Å². The Labute approximate surface area is 150 Å². The summed E-state index contributed by atoms with van der Waals surface area (Å²) in [6, 6.07) is 36.6. The predicted octanol–water partition coefficient (Wildman–Crippen LogP) is 3.26. The van der Waals surface area contributed by atoms with Gasteiger partial charge in [-0.2, -0.15) is 0 Å². The van der Waals surface area contributed by atoms with E-state index in [1.54, 1.807) is 0 Å². The number of hydrogen-bond donors (Lipinski definition) is 0. The van der Waals surface area contributed by atoms with Gasteiger partial charge in [-0.15, -0.1) is 0 Å². The highest BCUT2D eigenvalue weighted by Gasteiger charge is 2.19. The van der Waals surface area contributed by atoms with Gasteiger partial charge in [0.25, 0.3) is 0 Å². The summed E-state index contributed by atoms with van der Waals surface area (Å²) in [7, 11) is -1.03. The van der Waals surface area contributed by atoms with E-state index in [1.807, 2.05) is 18.3 Å². The zero-order chi connectivity index (χ0) is 16.9. The summed E-state index contributed by atoms with van der Waals surface area (Å²) in [6.07, 6.45) is 1.85. The highest BCUT2D eigenvalue weighted by molar-refractivity contribution is 6.95. The molecule has 25 heavy (non-hydrogen) atoms. The van der Waals surface area contributed by atoms with Crippen molar-refractivity contribution in [2.75, 3.05) is 0 Å². The van der Waals surface area contributed by atoms with Crippen molar-refractivity contribution in [2.45, 2.75) is 0 Å². The zero-order valence-corrected chi connectivity index (χ0v) is 14.8. The standard InChI is InChI=1S/C23H18NSi/c1-3-11-20(12-4-1)25(21-13-5-2-6-14-21)22-15-9-10-19(18-22)23-16-7-8-17-24-23/h1-18H. The molecule has 0 unspecified atom stereocenters. The van der Waals surface area contributed by atoms with Crippen LogP contribution in [0.15, 0.2) is 109 Å². The number of benzene rings is 3. The molecule has 1 radical (unpaired) electrons. The normalized spacial score (nSPS) is 10.8. The highest BCUT2D eigenvalue weighted by atomic mass is 28.3. The summed E-state index contributed by atoms with van der Waals surface area (Å²) in [5.74, 6) is 0. The first-order valence-corrected chi connectivity index (χ1v) is 9.91. The molecule has 119 valence electrons. The van der Waals surface area contributed by atoms with Gasteiger partial charge < -0.3 is 0 Å². The summed E-state index contributed by atoms with van der Waals surface area (Å²) in [6.45, 7) is 0. The average molecular weight is 336 g/mol. The highest BCUT2D eigenvalue weighted by Crippen LogP contribution is 2.14. The van der Waals surface area contributed by atoms with Crippen LogP contribution in [0.4, 0.5) is 0 Å². The van der Waals surface area contributed by atoms with Crippen LogP contribution in [-0.2, 0) is 0 Å². The Hall–Kier alpha value is -2.97. The number of rotatable bonds is 4. The van der Waals surface area contributed by atoms with Gasteiger partial charge in [0.15, 0.2) is 8.80 Å². The molecular formula is C23H18NSi.